The lowest BCUT2D eigenvalue weighted by Gasteiger charge is -2.14. The molecule has 238 valence electrons. The molecule has 0 bridgehead atoms. The lowest BCUT2D eigenvalue weighted by Crippen LogP contribution is -2.39. The maximum Gasteiger partial charge on any atom is 0.338 e. The van der Waals surface area contributed by atoms with Crippen LogP contribution < -0.4 is 4.74 Å². The molecule has 1 aliphatic rings. The molecule has 1 aliphatic heterocycles. The van der Waals surface area contributed by atoms with Gasteiger partial charge in [0.05, 0.1) is 19.8 Å². The number of halogens is 2. The van der Waals surface area contributed by atoms with Gasteiger partial charge in [-0.2, -0.15) is 4.39 Å². The lowest BCUT2D eigenvalue weighted by molar-refractivity contribution is -0.163. The Hall–Kier alpha value is -4.26. The predicted molar refractivity (Wildman–Crippen MR) is 164 cm³/mol. The van der Waals surface area contributed by atoms with Crippen molar-refractivity contribution in [3.8, 4) is 28.7 Å². The number of unbranched alkanes of at least 4 members (excludes halogenated alkanes) is 2. The van der Waals surface area contributed by atoms with E-state index in [2.05, 4.69) is 11.8 Å². The Kier molecular flexibility index (Phi) is 12.5. The van der Waals surface area contributed by atoms with Gasteiger partial charge in [-0.1, -0.05) is 69.7 Å². The zero-order valence-corrected chi connectivity index (χ0v) is 25.8. The van der Waals surface area contributed by atoms with Crippen molar-refractivity contribution in [3.05, 3.63) is 89.0 Å². The average molecular weight is 621 g/mol. The van der Waals surface area contributed by atoms with E-state index in [0.29, 0.717) is 48.1 Å². The average Bonchev–Trinajstić information content (AvgIpc) is 3.51. The van der Waals surface area contributed by atoms with Crippen LogP contribution in [0.1, 0.15) is 75.9 Å². The van der Waals surface area contributed by atoms with Gasteiger partial charge in [0.15, 0.2) is 30.1 Å². The van der Waals surface area contributed by atoms with Crippen LogP contribution in [0.25, 0.3) is 11.1 Å². The fraction of sp³-hybridized carbons (Fsp3) is 0.389. The Morgan fingerprint density at radius 2 is 1.22 bits per heavy atom. The number of esters is 2. The van der Waals surface area contributed by atoms with Crippen LogP contribution in [0.4, 0.5) is 8.78 Å². The largest absolute Gasteiger partial charge is 0.490 e. The standard InChI is InChI=1S/C36H38F2O7/c1-4-7-22-42-34(39)32-33(35(40)43-23-8-5-2)45-36(44-32)27-17-13-25(14-18-27)10-9-24-11-15-26(16-12-24)28-19-20-29(41-21-6-3)31(38)30(28)37/h11-20,32-33,36H,4-8,21-23H2,1-3H3/t32-,33-/m1/s1. The minimum absolute atomic E-state index is 0.105. The molecule has 9 heteroatoms. The third-order valence-corrected chi connectivity index (χ3v) is 7.00. The highest BCUT2D eigenvalue weighted by molar-refractivity contribution is 5.86. The van der Waals surface area contributed by atoms with Crippen LogP contribution in [-0.2, 0) is 28.5 Å². The van der Waals surface area contributed by atoms with Crippen molar-refractivity contribution < 1.29 is 42.1 Å². The highest BCUT2D eigenvalue weighted by atomic mass is 19.2. The first-order valence-corrected chi connectivity index (χ1v) is 15.3. The van der Waals surface area contributed by atoms with Crippen LogP contribution in [0.2, 0.25) is 0 Å². The van der Waals surface area contributed by atoms with Gasteiger partial charge < -0.3 is 23.7 Å². The number of benzene rings is 3. The van der Waals surface area contributed by atoms with Crippen molar-refractivity contribution in [2.24, 2.45) is 0 Å². The molecule has 4 rings (SSSR count). The van der Waals surface area contributed by atoms with Crippen LogP contribution in [0.15, 0.2) is 60.7 Å². The van der Waals surface area contributed by atoms with E-state index < -0.39 is 42.1 Å². The Morgan fingerprint density at radius 1 is 0.689 bits per heavy atom. The Balaban J connectivity index is 1.42. The summed E-state index contributed by atoms with van der Waals surface area (Å²) < 4.78 is 56.7. The number of carbonyl (C=O) groups excluding carboxylic acids is 2. The molecule has 3 aromatic rings. The topological polar surface area (TPSA) is 80.3 Å². The summed E-state index contributed by atoms with van der Waals surface area (Å²) >= 11 is 0. The van der Waals surface area contributed by atoms with Gasteiger partial charge in [-0.15, -0.1) is 0 Å². The van der Waals surface area contributed by atoms with Crippen molar-refractivity contribution >= 4 is 11.9 Å². The normalized spacial score (nSPS) is 16.1. The van der Waals surface area contributed by atoms with Gasteiger partial charge in [-0.3, -0.25) is 0 Å². The fourth-order valence-corrected chi connectivity index (χ4v) is 4.43. The third kappa shape index (κ3) is 8.90. The maximum atomic E-state index is 14.7. The van der Waals surface area contributed by atoms with E-state index in [1.165, 1.54) is 12.1 Å². The molecule has 0 aliphatic carbocycles. The summed E-state index contributed by atoms with van der Waals surface area (Å²) in [6, 6.07) is 16.8. The van der Waals surface area contributed by atoms with Crippen LogP contribution >= 0.6 is 0 Å². The molecule has 1 heterocycles. The number of ether oxygens (including phenoxy) is 5. The monoisotopic (exact) mass is 620 g/mol. The molecule has 3 aromatic carbocycles. The summed E-state index contributed by atoms with van der Waals surface area (Å²) in [5.74, 6) is 2.72. The van der Waals surface area contributed by atoms with E-state index in [1.54, 1.807) is 48.5 Å². The second-order valence-corrected chi connectivity index (χ2v) is 10.5. The smallest absolute Gasteiger partial charge is 0.338 e. The molecule has 0 aromatic heterocycles. The van der Waals surface area contributed by atoms with Gasteiger partial charge in [0, 0.05) is 22.3 Å². The molecular formula is C36H38F2O7. The molecule has 1 saturated heterocycles. The van der Waals surface area contributed by atoms with Crippen molar-refractivity contribution in [3.63, 3.8) is 0 Å². The van der Waals surface area contributed by atoms with E-state index in [4.69, 9.17) is 23.7 Å². The first kappa shape index (κ1) is 33.6. The predicted octanol–water partition coefficient (Wildman–Crippen LogP) is 7.29. The van der Waals surface area contributed by atoms with Crippen molar-refractivity contribution in [2.75, 3.05) is 19.8 Å². The second kappa shape index (κ2) is 16.7. The van der Waals surface area contributed by atoms with E-state index in [1.807, 2.05) is 20.8 Å². The molecule has 45 heavy (non-hydrogen) atoms. The molecule has 0 amide bonds. The highest BCUT2D eigenvalue weighted by Crippen LogP contribution is 2.33. The third-order valence-electron chi connectivity index (χ3n) is 7.00. The zero-order valence-electron chi connectivity index (χ0n) is 25.8. The summed E-state index contributed by atoms with van der Waals surface area (Å²) in [7, 11) is 0. The highest BCUT2D eigenvalue weighted by Gasteiger charge is 2.47. The van der Waals surface area contributed by atoms with Crippen LogP contribution in [0.3, 0.4) is 0 Å². The van der Waals surface area contributed by atoms with Gasteiger partial charge in [0.25, 0.3) is 0 Å². The number of rotatable bonds is 13. The lowest BCUT2D eigenvalue weighted by atomic mass is 10.0. The van der Waals surface area contributed by atoms with Gasteiger partial charge in [0.2, 0.25) is 5.82 Å². The molecule has 1 fully saturated rings. The van der Waals surface area contributed by atoms with Crippen LogP contribution in [-0.4, -0.2) is 44.0 Å². The minimum Gasteiger partial charge on any atom is -0.490 e. The Morgan fingerprint density at radius 3 is 1.73 bits per heavy atom. The summed E-state index contributed by atoms with van der Waals surface area (Å²) in [4.78, 5) is 25.4. The molecule has 0 unspecified atom stereocenters. The molecule has 2 atom stereocenters. The van der Waals surface area contributed by atoms with Gasteiger partial charge >= 0.3 is 11.9 Å². The number of hydrogen-bond acceptors (Lipinski definition) is 7. The Bertz CT molecular complexity index is 1460. The number of hydrogen-bond donors (Lipinski definition) is 0. The molecule has 0 radical (unpaired) electrons. The summed E-state index contributed by atoms with van der Waals surface area (Å²) in [5.41, 5.74) is 2.63. The van der Waals surface area contributed by atoms with E-state index in [-0.39, 0.29) is 24.5 Å². The van der Waals surface area contributed by atoms with E-state index >= 15 is 0 Å². The molecule has 7 nitrogen and oxygen atoms in total. The molecule has 0 saturated carbocycles. The van der Waals surface area contributed by atoms with Crippen molar-refractivity contribution in [1.29, 1.82) is 0 Å². The van der Waals surface area contributed by atoms with E-state index in [9.17, 15) is 18.4 Å². The molecule has 0 spiro atoms. The molecule has 0 N–H and O–H groups in total. The van der Waals surface area contributed by atoms with Crippen LogP contribution in [0.5, 0.6) is 5.75 Å². The summed E-state index contributed by atoms with van der Waals surface area (Å²) in [5, 5.41) is 0. The summed E-state index contributed by atoms with van der Waals surface area (Å²) in [6.45, 7) is 6.61. The van der Waals surface area contributed by atoms with Crippen molar-refractivity contribution in [1.82, 2.24) is 0 Å². The van der Waals surface area contributed by atoms with Gasteiger partial charge in [-0.25, -0.2) is 14.0 Å². The maximum absolute atomic E-state index is 14.7. The SMILES string of the molecule is CCCCOC(=O)[C@@H]1OC(c2ccc(C#Cc3ccc(-c4ccc(OCCC)c(F)c4F)cc3)cc2)O[C@H]1C(=O)OCCCC. The summed E-state index contributed by atoms with van der Waals surface area (Å²) in [6.07, 6.45) is 0.350. The quantitative estimate of drug-likeness (QED) is 0.113. The van der Waals surface area contributed by atoms with Crippen LogP contribution in [0, 0.1) is 23.5 Å². The second-order valence-electron chi connectivity index (χ2n) is 10.5. The Labute approximate surface area is 262 Å². The first-order chi connectivity index (χ1) is 21.9. The minimum atomic E-state index is -1.24. The van der Waals surface area contributed by atoms with Crippen molar-refractivity contribution in [2.45, 2.75) is 71.4 Å². The van der Waals surface area contributed by atoms with E-state index in [0.717, 1.165) is 12.8 Å². The fourth-order valence-electron chi connectivity index (χ4n) is 4.43. The van der Waals surface area contributed by atoms with Gasteiger partial charge in [0.1, 0.15) is 0 Å². The van der Waals surface area contributed by atoms with Gasteiger partial charge in [-0.05, 0) is 61.2 Å². The zero-order chi connectivity index (χ0) is 32.2. The number of carbonyl (C=O) groups is 2. The molecular weight excluding hydrogens is 582 g/mol. The first-order valence-electron chi connectivity index (χ1n) is 15.3.